The van der Waals surface area contributed by atoms with Crippen molar-refractivity contribution in [3.8, 4) is 0 Å². The number of likely N-dealkylation sites (N-methyl/N-ethyl adjacent to an activating group) is 1. The number of amides is 2. The lowest BCUT2D eigenvalue weighted by Gasteiger charge is -2.21. The fourth-order valence-corrected chi connectivity index (χ4v) is 3.63. The van der Waals surface area contributed by atoms with Crippen LogP contribution in [0.1, 0.15) is 31.8 Å². The summed E-state index contributed by atoms with van der Waals surface area (Å²) in [6.07, 6.45) is 1.07. The van der Waals surface area contributed by atoms with Crippen molar-refractivity contribution in [2.45, 2.75) is 13.0 Å². The van der Waals surface area contributed by atoms with Gasteiger partial charge in [-0.1, -0.05) is 30.3 Å². The molecule has 2 aromatic rings. The fourth-order valence-electron chi connectivity index (χ4n) is 3.63. The van der Waals surface area contributed by atoms with Crippen LogP contribution in [0.15, 0.2) is 42.5 Å². The zero-order valence-electron chi connectivity index (χ0n) is 14.7. The number of nitrogens with one attached hydrogen (secondary N) is 1. The maximum atomic E-state index is 12.4. The number of para-hydroxylation sites is 1. The number of carbonyl (C=O) groups is 2. The van der Waals surface area contributed by atoms with Crippen molar-refractivity contribution in [3.05, 3.63) is 64.7 Å². The highest BCUT2D eigenvalue weighted by Crippen LogP contribution is 2.27. The monoisotopic (exact) mass is 371 g/mol. The number of carbonyl (C=O) groups excluding carboxylic acids is 2. The Labute approximate surface area is 159 Å². The zero-order chi connectivity index (χ0) is 17.4. The Morgan fingerprint density at radius 3 is 2.42 bits per heavy atom. The van der Waals surface area contributed by atoms with Crippen molar-refractivity contribution in [2.75, 3.05) is 32.0 Å². The van der Waals surface area contributed by atoms with E-state index in [0.29, 0.717) is 24.2 Å². The quantitative estimate of drug-likeness (QED) is 0.821. The summed E-state index contributed by atoms with van der Waals surface area (Å²) in [4.78, 5) is 28.3. The van der Waals surface area contributed by atoms with E-state index in [1.165, 1.54) is 21.7 Å². The normalized spacial score (nSPS) is 14.9. The number of nitrogens with zero attached hydrogens (tertiary/aromatic N) is 2. The second-order valence-electron chi connectivity index (χ2n) is 6.67. The van der Waals surface area contributed by atoms with Gasteiger partial charge in [-0.3, -0.25) is 14.5 Å². The fraction of sp³-hybridized carbons (Fsp3) is 0.300. The first-order valence-electron chi connectivity index (χ1n) is 8.63. The molecule has 1 N–H and O–H groups in total. The molecule has 0 saturated heterocycles. The van der Waals surface area contributed by atoms with E-state index >= 15 is 0 Å². The third-order valence-corrected chi connectivity index (χ3v) is 4.96. The molecular weight excluding hydrogens is 350 g/mol. The minimum absolute atomic E-state index is 0. The van der Waals surface area contributed by atoms with E-state index in [4.69, 9.17) is 0 Å². The molecule has 4 rings (SSSR count). The largest absolute Gasteiger partial charge is 0.384 e. The highest BCUT2D eigenvalue weighted by Gasteiger charge is 2.34. The number of halogens is 1. The zero-order valence-corrected chi connectivity index (χ0v) is 15.5. The van der Waals surface area contributed by atoms with Crippen molar-refractivity contribution in [1.82, 2.24) is 9.80 Å². The topological polar surface area (TPSA) is 52.7 Å². The van der Waals surface area contributed by atoms with E-state index in [1.54, 1.807) is 24.3 Å². The van der Waals surface area contributed by atoms with Gasteiger partial charge in [-0.05, 0) is 36.7 Å². The first kappa shape index (κ1) is 18.4. The summed E-state index contributed by atoms with van der Waals surface area (Å²) in [5, 5.41) is 3.45. The van der Waals surface area contributed by atoms with Crippen LogP contribution in [0.25, 0.3) is 0 Å². The predicted molar refractivity (Wildman–Crippen MR) is 104 cm³/mol. The second-order valence-corrected chi connectivity index (χ2v) is 6.67. The Morgan fingerprint density at radius 1 is 1.04 bits per heavy atom. The van der Waals surface area contributed by atoms with Gasteiger partial charge in [-0.25, -0.2) is 0 Å². The second kappa shape index (κ2) is 7.48. The lowest BCUT2D eigenvalue weighted by Crippen LogP contribution is -2.36. The van der Waals surface area contributed by atoms with Crippen LogP contribution in [-0.2, 0) is 13.0 Å². The molecule has 0 radical (unpaired) electrons. The highest BCUT2D eigenvalue weighted by atomic mass is 35.5. The summed E-state index contributed by atoms with van der Waals surface area (Å²) in [6, 6.07) is 13.4. The first-order valence-corrected chi connectivity index (χ1v) is 8.63. The molecule has 0 fully saturated rings. The maximum Gasteiger partial charge on any atom is 0.261 e. The van der Waals surface area contributed by atoms with Gasteiger partial charge in [0.05, 0.1) is 11.1 Å². The molecule has 26 heavy (non-hydrogen) atoms. The van der Waals surface area contributed by atoms with E-state index in [-0.39, 0.29) is 24.2 Å². The van der Waals surface area contributed by atoms with Crippen LogP contribution >= 0.6 is 12.4 Å². The van der Waals surface area contributed by atoms with E-state index in [9.17, 15) is 9.59 Å². The van der Waals surface area contributed by atoms with Crippen LogP contribution in [0.3, 0.4) is 0 Å². The Morgan fingerprint density at radius 2 is 1.73 bits per heavy atom. The number of rotatable bonds is 5. The van der Waals surface area contributed by atoms with Gasteiger partial charge in [0.2, 0.25) is 0 Å². The minimum Gasteiger partial charge on any atom is -0.384 e. The highest BCUT2D eigenvalue weighted by molar-refractivity contribution is 6.21. The van der Waals surface area contributed by atoms with Gasteiger partial charge in [0.25, 0.3) is 11.8 Å². The van der Waals surface area contributed by atoms with Crippen LogP contribution < -0.4 is 5.32 Å². The molecule has 0 aromatic heterocycles. The molecule has 2 aromatic carbocycles. The number of hydrogen-bond donors (Lipinski definition) is 1. The summed E-state index contributed by atoms with van der Waals surface area (Å²) in [6.45, 7) is 2.84. The lowest BCUT2D eigenvalue weighted by atomic mass is 10.1. The minimum atomic E-state index is -0.184. The van der Waals surface area contributed by atoms with Crippen molar-refractivity contribution in [3.63, 3.8) is 0 Å². The molecule has 2 aliphatic rings. The number of fused-ring (bicyclic) bond motifs is 2. The van der Waals surface area contributed by atoms with Gasteiger partial charge in [0, 0.05) is 31.9 Å². The first-order chi connectivity index (χ1) is 12.1. The SMILES string of the molecule is CN(CCN1C(=O)c2ccccc2C1=O)Cc1cccc2c1NCC2.Cl. The van der Waals surface area contributed by atoms with Gasteiger partial charge in [0.1, 0.15) is 0 Å². The third-order valence-electron chi connectivity index (χ3n) is 4.96. The van der Waals surface area contributed by atoms with Crippen LogP contribution in [0, 0.1) is 0 Å². The van der Waals surface area contributed by atoms with Gasteiger partial charge < -0.3 is 10.2 Å². The van der Waals surface area contributed by atoms with Gasteiger partial charge >= 0.3 is 0 Å². The number of anilines is 1. The van der Waals surface area contributed by atoms with Crippen molar-refractivity contribution in [1.29, 1.82) is 0 Å². The molecule has 0 saturated carbocycles. The molecule has 0 aliphatic carbocycles. The summed E-state index contributed by atoms with van der Waals surface area (Å²) in [5.41, 5.74) is 4.90. The van der Waals surface area contributed by atoms with Crippen LogP contribution in [0.4, 0.5) is 5.69 Å². The summed E-state index contributed by atoms with van der Waals surface area (Å²) in [7, 11) is 2.02. The Balaban J connectivity index is 0.00000196. The maximum absolute atomic E-state index is 12.4. The summed E-state index contributed by atoms with van der Waals surface area (Å²) >= 11 is 0. The van der Waals surface area contributed by atoms with Crippen LogP contribution in [0.2, 0.25) is 0 Å². The van der Waals surface area contributed by atoms with Gasteiger partial charge in [0.15, 0.2) is 0 Å². The van der Waals surface area contributed by atoms with Crippen LogP contribution in [-0.4, -0.2) is 48.3 Å². The Bertz CT molecular complexity index is 818. The molecule has 0 atom stereocenters. The van der Waals surface area contributed by atoms with Crippen LogP contribution in [0.5, 0.6) is 0 Å². The molecule has 2 amide bonds. The third kappa shape index (κ3) is 3.20. The molecule has 5 nitrogen and oxygen atoms in total. The van der Waals surface area contributed by atoms with E-state index in [2.05, 4.69) is 28.4 Å². The molecule has 0 unspecified atom stereocenters. The van der Waals surface area contributed by atoms with E-state index in [1.807, 2.05) is 7.05 Å². The Hall–Kier alpha value is -2.37. The summed E-state index contributed by atoms with van der Waals surface area (Å²) < 4.78 is 0. The molecule has 0 spiro atoms. The summed E-state index contributed by atoms with van der Waals surface area (Å²) in [5.74, 6) is -0.368. The molecule has 6 heteroatoms. The van der Waals surface area contributed by atoms with E-state index in [0.717, 1.165) is 19.5 Å². The smallest absolute Gasteiger partial charge is 0.261 e. The molecule has 2 aliphatic heterocycles. The molecule has 0 bridgehead atoms. The number of benzene rings is 2. The molecule has 136 valence electrons. The lowest BCUT2D eigenvalue weighted by molar-refractivity contribution is 0.0640. The van der Waals surface area contributed by atoms with Crippen molar-refractivity contribution in [2.24, 2.45) is 0 Å². The number of hydrogen-bond acceptors (Lipinski definition) is 4. The van der Waals surface area contributed by atoms with Crippen molar-refractivity contribution < 1.29 is 9.59 Å². The predicted octanol–water partition coefficient (Wildman–Crippen LogP) is 2.80. The van der Waals surface area contributed by atoms with Crippen molar-refractivity contribution >= 4 is 29.9 Å². The Kier molecular flexibility index (Phi) is 5.30. The van der Waals surface area contributed by atoms with Gasteiger partial charge in [-0.2, -0.15) is 0 Å². The number of imide groups is 1. The molecule has 2 heterocycles. The average molecular weight is 372 g/mol. The average Bonchev–Trinajstić information content (AvgIpc) is 3.19. The van der Waals surface area contributed by atoms with Gasteiger partial charge in [-0.15, -0.1) is 12.4 Å². The standard InChI is InChI=1S/C20H21N3O2.ClH/c1-22(13-15-6-4-5-14-9-10-21-18(14)15)11-12-23-19(24)16-7-2-3-8-17(16)20(23)25;/h2-8,21H,9-13H2,1H3;1H. The van der Waals surface area contributed by atoms with E-state index < -0.39 is 0 Å². The molecular formula is C20H22ClN3O2.